The van der Waals surface area contributed by atoms with Crippen LogP contribution in [0.1, 0.15) is 16.2 Å². The molecule has 1 aromatic carbocycles. The zero-order valence-corrected chi connectivity index (χ0v) is 13.5. The summed E-state index contributed by atoms with van der Waals surface area (Å²) in [5.41, 5.74) is 0.319. The number of hydrogen-bond acceptors (Lipinski definition) is 9. The maximum atomic E-state index is 11.9. The summed E-state index contributed by atoms with van der Waals surface area (Å²) < 4.78 is 27.9. The van der Waals surface area contributed by atoms with E-state index in [2.05, 4.69) is 30.7 Å². The van der Waals surface area contributed by atoms with Crippen LogP contribution in [0.3, 0.4) is 0 Å². The number of methoxy groups -OCH3 is 1. The number of carbonyl (C=O) groups excluding carboxylic acids is 1. The lowest BCUT2D eigenvalue weighted by Crippen LogP contribution is -2.08. The highest BCUT2D eigenvalue weighted by atomic mass is 32.2. The number of nitrogens with one attached hydrogen (secondary N) is 2. The zero-order valence-electron chi connectivity index (χ0n) is 12.6. The van der Waals surface area contributed by atoms with Gasteiger partial charge in [0.05, 0.1) is 23.3 Å². The van der Waals surface area contributed by atoms with Crippen LogP contribution in [-0.2, 0) is 14.6 Å². The van der Waals surface area contributed by atoms with Gasteiger partial charge in [0.15, 0.2) is 9.84 Å². The molecule has 0 spiro atoms. The molecule has 0 aliphatic heterocycles. The Morgan fingerprint density at radius 1 is 1.46 bits per heavy atom. The first kappa shape index (κ1) is 17.1. The van der Waals surface area contributed by atoms with Gasteiger partial charge in [-0.1, -0.05) is 0 Å². The number of sulfone groups is 1. The first-order chi connectivity index (χ1) is 11.4. The molecular weight excluding hydrogens is 336 g/mol. The van der Waals surface area contributed by atoms with Crippen LogP contribution in [0, 0.1) is 11.3 Å². The van der Waals surface area contributed by atoms with Crippen LogP contribution in [0.25, 0.3) is 5.57 Å². The van der Waals surface area contributed by atoms with Crippen LogP contribution in [-0.4, -0.2) is 48.4 Å². The Kier molecular flexibility index (Phi) is 4.90. The van der Waals surface area contributed by atoms with E-state index in [0.29, 0.717) is 0 Å². The highest BCUT2D eigenvalue weighted by Crippen LogP contribution is 2.22. The van der Waals surface area contributed by atoms with E-state index in [9.17, 15) is 13.2 Å². The second kappa shape index (κ2) is 6.88. The zero-order chi connectivity index (χ0) is 17.7. The van der Waals surface area contributed by atoms with E-state index in [1.165, 1.54) is 31.5 Å². The summed E-state index contributed by atoms with van der Waals surface area (Å²) in [5, 5.41) is 24.7. The number of rotatable bonds is 5. The average molecular weight is 348 g/mol. The average Bonchev–Trinajstić information content (AvgIpc) is 3.08. The molecule has 0 unspecified atom stereocenters. The first-order valence-corrected chi connectivity index (χ1v) is 8.29. The molecule has 2 aromatic rings. The van der Waals surface area contributed by atoms with Crippen molar-refractivity contribution >= 4 is 27.1 Å². The van der Waals surface area contributed by atoms with Crippen molar-refractivity contribution in [3.63, 3.8) is 0 Å². The summed E-state index contributed by atoms with van der Waals surface area (Å²) in [4.78, 5) is 11.8. The topological polar surface area (TPSA) is 151 Å². The van der Waals surface area contributed by atoms with Crippen molar-refractivity contribution in [3.05, 3.63) is 35.8 Å². The third-order valence-corrected chi connectivity index (χ3v) is 4.01. The van der Waals surface area contributed by atoms with Crippen LogP contribution in [0.5, 0.6) is 0 Å². The Balaban J connectivity index is 2.43. The van der Waals surface area contributed by atoms with Crippen LogP contribution < -0.4 is 5.32 Å². The molecule has 11 heteroatoms. The van der Waals surface area contributed by atoms with E-state index < -0.39 is 15.8 Å². The van der Waals surface area contributed by atoms with E-state index in [1.807, 2.05) is 6.07 Å². The fraction of sp³-hybridized carbons (Fsp3) is 0.154. The second-order valence-electron chi connectivity index (χ2n) is 4.52. The Bertz CT molecular complexity index is 928. The fourth-order valence-corrected chi connectivity index (χ4v) is 2.38. The molecule has 0 aliphatic carbocycles. The Morgan fingerprint density at radius 3 is 2.75 bits per heavy atom. The van der Waals surface area contributed by atoms with Crippen molar-refractivity contribution in [1.82, 2.24) is 20.6 Å². The number of tetrazole rings is 1. The van der Waals surface area contributed by atoms with E-state index >= 15 is 0 Å². The summed E-state index contributed by atoms with van der Waals surface area (Å²) >= 11 is 0. The molecule has 0 radical (unpaired) electrons. The number of benzene rings is 1. The number of ether oxygens (including phenoxy) is 1. The third kappa shape index (κ3) is 3.73. The Hall–Kier alpha value is -3.26. The molecule has 124 valence electrons. The highest BCUT2D eigenvalue weighted by Gasteiger charge is 2.17. The van der Waals surface area contributed by atoms with Gasteiger partial charge in [-0.3, -0.25) is 0 Å². The molecule has 10 nitrogen and oxygen atoms in total. The molecule has 24 heavy (non-hydrogen) atoms. The van der Waals surface area contributed by atoms with Gasteiger partial charge in [-0.05, 0) is 23.4 Å². The van der Waals surface area contributed by atoms with E-state index in [-0.39, 0.29) is 27.5 Å². The normalized spacial score (nSPS) is 11.6. The van der Waals surface area contributed by atoms with Gasteiger partial charge >= 0.3 is 5.97 Å². The molecule has 0 atom stereocenters. The number of anilines is 1. The van der Waals surface area contributed by atoms with Crippen LogP contribution in [0.2, 0.25) is 0 Å². The predicted octanol–water partition coefficient (Wildman–Crippen LogP) is 0.366. The number of nitriles is 1. The summed E-state index contributed by atoms with van der Waals surface area (Å²) in [5.74, 6) is -0.660. The second-order valence-corrected chi connectivity index (χ2v) is 6.54. The van der Waals surface area contributed by atoms with Crippen molar-refractivity contribution < 1.29 is 17.9 Å². The molecule has 0 aliphatic rings. The van der Waals surface area contributed by atoms with Crippen LogP contribution in [0.15, 0.2) is 29.3 Å². The number of esters is 1. The van der Waals surface area contributed by atoms with Crippen molar-refractivity contribution in [1.29, 1.82) is 5.26 Å². The van der Waals surface area contributed by atoms with Gasteiger partial charge in [0.2, 0.25) is 5.82 Å². The number of aromatic amines is 1. The molecule has 0 saturated carbocycles. The number of nitrogens with zero attached hydrogens (tertiary/aromatic N) is 4. The number of H-pyrrole nitrogens is 1. The van der Waals surface area contributed by atoms with Gasteiger partial charge in [-0.2, -0.15) is 10.5 Å². The number of hydrogen-bond donors (Lipinski definition) is 2. The minimum absolute atomic E-state index is 0.00192. The van der Waals surface area contributed by atoms with E-state index in [1.54, 1.807) is 0 Å². The molecule has 1 heterocycles. The number of carbonyl (C=O) groups is 1. The van der Waals surface area contributed by atoms with Crippen molar-refractivity contribution in [2.45, 2.75) is 4.90 Å². The van der Waals surface area contributed by atoms with Gasteiger partial charge in [-0.25, -0.2) is 13.2 Å². The lowest BCUT2D eigenvalue weighted by molar-refractivity contribution is 0.0601. The van der Waals surface area contributed by atoms with Gasteiger partial charge < -0.3 is 10.1 Å². The SMILES string of the molecule is COC(=O)c1cc(S(C)(=O)=O)ccc1NC=C(C#N)c1nn[nH]n1. The first-order valence-electron chi connectivity index (χ1n) is 6.40. The maximum absolute atomic E-state index is 11.9. The summed E-state index contributed by atoms with van der Waals surface area (Å²) in [6.07, 6.45) is 2.30. The molecule has 1 aromatic heterocycles. The minimum atomic E-state index is -3.49. The van der Waals surface area contributed by atoms with E-state index in [4.69, 9.17) is 5.26 Å². The summed E-state index contributed by atoms with van der Waals surface area (Å²) in [7, 11) is -2.32. The fourth-order valence-electron chi connectivity index (χ4n) is 1.73. The lowest BCUT2D eigenvalue weighted by atomic mass is 10.1. The van der Waals surface area contributed by atoms with Crippen molar-refractivity contribution in [2.75, 3.05) is 18.7 Å². The predicted molar refractivity (Wildman–Crippen MR) is 82.3 cm³/mol. The lowest BCUT2D eigenvalue weighted by Gasteiger charge is -2.09. The Morgan fingerprint density at radius 2 is 2.21 bits per heavy atom. The molecule has 0 amide bonds. The molecule has 0 bridgehead atoms. The van der Waals surface area contributed by atoms with Gasteiger partial charge in [0, 0.05) is 12.5 Å². The maximum Gasteiger partial charge on any atom is 0.340 e. The monoisotopic (exact) mass is 348 g/mol. The molecule has 2 rings (SSSR count). The molecule has 2 N–H and O–H groups in total. The summed E-state index contributed by atoms with van der Waals surface area (Å²) in [6, 6.07) is 5.79. The number of allylic oxidation sites excluding steroid dienone is 1. The largest absolute Gasteiger partial charge is 0.465 e. The molecule has 0 saturated heterocycles. The highest BCUT2D eigenvalue weighted by molar-refractivity contribution is 7.90. The van der Waals surface area contributed by atoms with Crippen molar-refractivity contribution in [3.8, 4) is 6.07 Å². The van der Waals surface area contributed by atoms with E-state index in [0.717, 1.165) is 6.26 Å². The molecule has 0 fully saturated rings. The van der Waals surface area contributed by atoms with Gasteiger partial charge in [0.1, 0.15) is 11.6 Å². The minimum Gasteiger partial charge on any atom is -0.465 e. The third-order valence-electron chi connectivity index (χ3n) is 2.90. The number of aromatic nitrogens is 4. The molecular formula is C13H12N6O4S. The smallest absolute Gasteiger partial charge is 0.340 e. The van der Waals surface area contributed by atoms with Crippen molar-refractivity contribution in [2.24, 2.45) is 0 Å². The van der Waals surface area contributed by atoms with Gasteiger partial charge in [-0.15, -0.1) is 10.2 Å². The van der Waals surface area contributed by atoms with Crippen LogP contribution in [0.4, 0.5) is 5.69 Å². The quantitative estimate of drug-likeness (QED) is 0.576. The van der Waals surface area contributed by atoms with Gasteiger partial charge in [0.25, 0.3) is 0 Å². The standard InChI is InChI=1S/C13H12N6O4S/c1-23-13(20)10-5-9(24(2,21)22)3-4-11(10)15-7-8(6-14)12-16-18-19-17-12/h3-5,7,15H,1-2H3,(H,16,17,18,19). The van der Waals surface area contributed by atoms with Crippen LogP contribution >= 0.6 is 0 Å². The Labute approximate surface area is 137 Å². The summed E-state index contributed by atoms with van der Waals surface area (Å²) in [6.45, 7) is 0.